The van der Waals surface area contributed by atoms with Crippen molar-refractivity contribution in [1.29, 1.82) is 0 Å². The fourth-order valence-corrected chi connectivity index (χ4v) is 3.52. The molecule has 0 amide bonds. The molecule has 2 unspecified atom stereocenters. The van der Waals surface area contributed by atoms with Crippen molar-refractivity contribution in [3.05, 3.63) is 108 Å². The van der Waals surface area contributed by atoms with Gasteiger partial charge in [0.1, 0.15) is 6.04 Å². The van der Waals surface area contributed by atoms with E-state index in [0.29, 0.717) is 12.3 Å². The molecular formula is C24H22N2O3. The predicted molar refractivity (Wildman–Crippen MR) is 111 cm³/mol. The second-order valence-electron chi connectivity index (χ2n) is 6.79. The first-order valence-electron chi connectivity index (χ1n) is 9.52. The minimum atomic E-state index is -0.589. The Hall–Kier alpha value is -3.60. The average Bonchev–Trinajstić information content (AvgIpc) is 3.23. The molecular weight excluding hydrogens is 364 g/mol. The van der Waals surface area contributed by atoms with Crippen molar-refractivity contribution in [3.8, 4) is 0 Å². The van der Waals surface area contributed by atoms with Gasteiger partial charge < -0.3 is 9.57 Å². The molecule has 146 valence electrons. The summed E-state index contributed by atoms with van der Waals surface area (Å²) in [5.74, 6) is 0.287. The van der Waals surface area contributed by atoms with Gasteiger partial charge in [0.15, 0.2) is 5.84 Å². The van der Waals surface area contributed by atoms with Gasteiger partial charge >= 0.3 is 5.97 Å². The number of carbonyl (C=O) groups is 1. The van der Waals surface area contributed by atoms with Crippen LogP contribution in [0.25, 0.3) is 0 Å². The lowest BCUT2D eigenvalue weighted by Crippen LogP contribution is -2.47. The molecule has 0 N–H and O–H groups in total. The molecule has 0 spiro atoms. The quantitative estimate of drug-likeness (QED) is 0.597. The topological polar surface area (TPSA) is 51.1 Å². The number of methoxy groups -OCH3 is 1. The van der Waals surface area contributed by atoms with Crippen LogP contribution < -0.4 is 0 Å². The molecule has 3 aromatic rings. The van der Waals surface area contributed by atoms with E-state index in [1.807, 2.05) is 95.9 Å². The van der Waals surface area contributed by atoms with Crippen LogP contribution in [0.4, 0.5) is 0 Å². The summed E-state index contributed by atoms with van der Waals surface area (Å²) in [5, 5.41) is 4.36. The van der Waals surface area contributed by atoms with E-state index in [-0.39, 0.29) is 5.97 Å². The maximum Gasteiger partial charge on any atom is 0.329 e. The number of rotatable bonds is 6. The van der Waals surface area contributed by atoms with Crippen LogP contribution in [0.1, 0.15) is 22.9 Å². The number of hydrogen-bond acceptors (Lipinski definition) is 5. The fraction of sp³-hybridized carbons (Fsp3) is 0.167. The number of esters is 1. The number of nitrogens with zero attached hydrogens (tertiary/aromatic N) is 2. The smallest absolute Gasteiger partial charge is 0.329 e. The van der Waals surface area contributed by atoms with Crippen LogP contribution in [0.2, 0.25) is 0 Å². The summed E-state index contributed by atoms with van der Waals surface area (Å²) in [4.78, 5) is 20.6. The third kappa shape index (κ3) is 3.99. The van der Waals surface area contributed by atoms with Crippen molar-refractivity contribution in [2.45, 2.75) is 18.7 Å². The molecule has 4 rings (SSSR count). The van der Waals surface area contributed by atoms with Gasteiger partial charge in [0.25, 0.3) is 0 Å². The second kappa shape index (κ2) is 8.61. The molecule has 0 saturated heterocycles. The lowest BCUT2D eigenvalue weighted by Gasteiger charge is -2.32. The Balaban J connectivity index is 1.76. The molecule has 29 heavy (non-hydrogen) atoms. The summed E-state index contributed by atoms with van der Waals surface area (Å²) >= 11 is 0. The number of hydrogen-bond donors (Lipinski definition) is 0. The van der Waals surface area contributed by atoms with Gasteiger partial charge in [-0.1, -0.05) is 96.2 Å². The molecule has 5 nitrogen and oxygen atoms in total. The van der Waals surface area contributed by atoms with Gasteiger partial charge in [-0.25, -0.2) is 4.79 Å². The highest BCUT2D eigenvalue weighted by molar-refractivity contribution is 6.01. The molecule has 2 atom stereocenters. The van der Waals surface area contributed by atoms with Crippen molar-refractivity contribution in [3.63, 3.8) is 0 Å². The maximum atomic E-state index is 12.9. The molecule has 1 aliphatic heterocycles. The third-order valence-electron chi connectivity index (χ3n) is 4.93. The highest BCUT2D eigenvalue weighted by Crippen LogP contribution is 2.33. The molecule has 1 heterocycles. The van der Waals surface area contributed by atoms with Crippen LogP contribution in [0.3, 0.4) is 0 Å². The van der Waals surface area contributed by atoms with Crippen LogP contribution in [0, 0.1) is 0 Å². The van der Waals surface area contributed by atoms with Gasteiger partial charge in [-0.15, -0.1) is 0 Å². The van der Waals surface area contributed by atoms with Gasteiger partial charge in [0, 0.05) is 17.5 Å². The van der Waals surface area contributed by atoms with Crippen LogP contribution in [-0.4, -0.2) is 29.9 Å². The van der Waals surface area contributed by atoms with E-state index in [0.717, 1.165) is 16.7 Å². The van der Waals surface area contributed by atoms with Crippen LogP contribution in [-0.2, 0) is 20.8 Å². The Kier molecular flexibility index (Phi) is 5.56. The third-order valence-corrected chi connectivity index (χ3v) is 4.93. The summed E-state index contributed by atoms with van der Waals surface area (Å²) < 4.78 is 5.17. The van der Waals surface area contributed by atoms with Crippen molar-refractivity contribution in [2.75, 3.05) is 7.11 Å². The monoisotopic (exact) mass is 386 g/mol. The van der Waals surface area contributed by atoms with Crippen LogP contribution in [0.5, 0.6) is 0 Å². The normalized spacial score (nSPS) is 16.7. The summed E-state index contributed by atoms with van der Waals surface area (Å²) in [6, 6.07) is 28.8. The first-order chi connectivity index (χ1) is 14.3. The number of ether oxygens (including phenoxy) is 1. The molecule has 0 bridgehead atoms. The van der Waals surface area contributed by atoms with Crippen molar-refractivity contribution < 1.29 is 14.4 Å². The van der Waals surface area contributed by atoms with E-state index < -0.39 is 12.3 Å². The molecule has 0 radical (unpaired) electrons. The Labute approximate surface area is 170 Å². The van der Waals surface area contributed by atoms with E-state index in [1.54, 1.807) is 0 Å². The second-order valence-corrected chi connectivity index (χ2v) is 6.79. The molecule has 0 fully saturated rings. The zero-order chi connectivity index (χ0) is 20.1. The summed E-state index contributed by atoms with van der Waals surface area (Å²) in [7, 11) is 1.41. The number of benzene rings is 3. The largest absolute Gasteiger partial charge is 0.467 e. The van der Waals surface area contributed by atoms with E-state index >= 15 is 0 Å². The molecule has 1 aliphatic rings. The van der Waals surface area contributed by atoms with Gasteiger partial charge in [-0.3, -0.25) is 4.90 Å². The molecule has 3 aromatic carbocycles. The van der Waals surface area contributed by atoms with Gasteiger partial charge in [0.2, 0.25) is 6.23 Å². The Morgan fingerprint density at radius 2 is 1.55 bits per heavy atom. The number of carbonyl (C=O) groups excluding carboxylic acids is 1. The van der Waals surface area contributed by atoms with Crippen molar-refractivity contribution >= 4 is 11.8 Å². The summed E-state index contributed by atoms with van der Waals surface area (Å²) in [6.45, 7) is 0. The van der Waals surface area contributed by atoms with E-state index in [1.165, 1.54) is 7.11 Å². The average molecular weight is 386 g/mol. The highest BCUT2D eigenvalue weighted by Gasteiger charge is 2.41. The molecule has 5 heteroatoms. The standard InChI is InChI=1S/C24H22N2O3/c1-28-24(27)21(17-18-11-5-2-6-12-18)26-22(19-13-7-3-8-14-19)25-29-23(26)20-15-9-4-10-16-20/h2-16,21,23H,17H2,1H3. The maximum absolute atomic E-state index is 12.9. The summed E-state index contributed by atoms with van der Waals surface area (Å²) in [6.07, 6.45) is -0.0364. The minimum Gasteiger partial charge on any atom is -0.467 e. The van der Waals surface area contributed by atoms with Gasteiger partial charge in [0.05, 0.1) is 7.11 Å². The van der Waals surface area contributed by atoms with E-state index in [2.05, 4.69) is 5.16 Å². The Bertz CT molecular complexity index is 975. The molecule has 0 aliphatic carbocycles. The SMILES string of the molecule is COC(=O)C(Cc1ccccc1)N1C(c2ccccc2)=NOC1c1ccccc1. The van der Waals surface area contributed by atoms with E-state index in [4.69, 9.17) is 9.57 Å². The lowest BCUT2D eigenvalue weighted by molar-refractivity contribution is -0.148. The molecule has 0 saturated carbocycles. The number of oxime groups is 1. The van der Waals surface area contributed by atoms with E-state index in [9.17, 15) is 4.79 Å². The zero-order valence-corrected chi connectivity index (χ0v) is 16.1. The predicted octanol–water partition coefficient (Wildman–Crippen LogP) is 4.16. The first-order valence-corrected chi connectivity index (χ1v) is 9.52. The Morgan fingerprint density at radius 1 is 0.966 bits per heavy atom. The first kappa shape index (κ1) is 18.7. The Morgan fingerprint density at radius 3 is 2.17 bits per heavy atom. The molecule has 0 aromatic heterocycles. The number of amidine groups is 1. The van der Waals surface area contributed by atoms with Crippen molar-refractivity contribution in [1.82, 2.24) is 4.90 Å². The zero-order valence-electron chi connectivity index (χ0n) is 16.1. The van der Waals surface area contributed by atoms with Crippen LogP contribution >= 0.6 is 0 Å². The minimum absolute atomic E-state index is 0.330. The lowest BCUT2D eigenvalue weighted by atomic mass is 10.0. The highest BCUT2D eigenvalue weighted by atomic mass is 16.7. The van der Waals surface area contributed by atoms with Crippen molar-refractivity contribution in [2.24, 2.45) is 5.16 Å². The van der Waals surface area contributed by atoms with Gasteiger partial charge in [-0.2, -0.15) is 0 Å². The fourth-order valence-electron chi connectivity index (χ4n) is 3.52. The van der Waals surface area contributed by atoms with Gasteiger partial charge in [-0.05, 0) is 5.56 Å². The van der Waals surface area contributed by atoms with Crippen LogP contribution in [0.15, 0.2) is 96.2 Å². The summed E-state index contributed by atoms with van der Waals surface area (Å²) in [5.41, 5.74) is 2.84.